The van der Waals surface area contributed by atoms with E-state index in [1.165, 1.54) is 5.56 Å². The molecule has 4 nitrogen and oxygen atoms in total. The molecule has 136 valence electrons. The van der Waals surface area contributed by atoms with Crippen molar-refractivity contribution in [2.75, 3.05) is 18.5 Å². The summed E-state index contributed by atoms with van der Waals surface area (Å²) in [4.78, 5) is 8.88. The summed E-state index contributed by atoms with van der Waals surface area (Å²) in [6.45, 7) is 10.1. The topological polar surface area (TPSA) is 47.0 Å². The summed E-state index contributed by atoms with van der Waals surface area (Å²) in [6, 6.07) is 12.6. The van der Waals surface area contributed by atoms with E-state index in [0.29, 0.717) is 12.5 Å². The second-order valence-corrected chi connectivity index (χ2v) is 7.00. The summed E-state index contributed by atoms with van der Waals surface area (Å²) in [7, 11) is 0. The Morgan fingerprint density at radius 3 is 2.69 bits per heavy atom. The molecular weight excluding hydrogens is 322 g/mol. The molecule has 0 saturated carbocycles. The van der Waals surface area contributed by atoms with Crippen molar-refractivity contribution in [1.82, 2.24) is 9.97 Å². The minimum atomic E-state index is 0.648. The molecule has 0 aliphatic heterocycles. The maximum Gasteiger partial charge on any atom is 0.137 e. The lowest BCUT2D eigenvalue weighted by molar-refractivity contribution is 0.341. The van der Waals surface area contributed by atoms with Gasteiger partial charge in [-0.05, 0) is 56.0 Å². The fourth-order valence-electron chi connectivity index (χ4n) is 3.00. The van der Waals surface area contributed by atoms with Crippen molar-refractivity contribution in [1.29, 1.82) is 0 Å². The Balaban J connectivity index is 2.02. The zero-order valence-electron chi connectivity index (χ0n) is 16.0. The summed E-state index contributed by atoms with van der Waals surface area (Å²) in [5.74, 6) is 2.46. The molecule has 0 amide bonds. The first kappa shape index (κ1) is 18.2. The number of nitrogens with zero attached hydrogens (tertiary/aromatic N) is 2. The van der Waals surface area contributed by atoms with Crippen molar-refractivity contribution in [2.45, 2.75) is 34.1 Å². The normalized spacial score (nSPS) is 11.1. The van der Waals surface area contributed by atoms with Crippen molar-refractivity contribution >= 4 is 16.7 Å². The van der Waals surface area contributed by atoms with Crippen LogP contribution in [-0.2, 0) is 0 Å². The van der Waals surface area contributed by atoms with Crippen LogP contribution in [0.3, 0.4) is 0 Å². The zero-order chi connectivity index (χ0) is 18.5. The van der Waals surface area contributed by atoms with Gasteiger partial charge >= 0.3 is 0 Å². The summed E-state index contributed by atoms with van der Waals surface area (Å²) >= 11 is 0. The number of rotatable bonds is 7. The Bertz CT molecular complexity index is 890. The molecule has 0 aliphatic carbocycles. The molecule has 1 N–H and O–H groups in total. The van der Waals surface area contributed by atoms with Crippen LogP contribution >= 0.6 is 0 Å². The number of aryl methyl sites for hydroxylation is 1. The van der Waals surface area contributed by atoms with Gasteiger partial charge in [0.15, 0.2) is 0 Å². The van der Waals surface area contributed by atoms with Gasteiger partial charge in [-0.2, -0.15) is 0 Å². The second kappa shape index (κ2) is 8.17. The van der Waals surface area contributed by atoms with E-state index in [9.17, 15) is 0 Å². The quantitative estimate of drug-likeness (QED) is 0.615. The minimum Gasteiger partial charge on any atom is -0.493 e. The first-order chi connectivity index (χ1) is 12.6. The lowest BCUT2D eigenvalue weighted by Crippen LogP contribution is -2.07. The van der Waals surface area contributed by atoms with Crippen LogP contribution in [-0.4, -0.2) is 23.1 Å². The lowest BCUT2D eigenvalue weighted by Gasteiger charge is -2.13. The summed E-state index contributed by atoms with van der Waals surface area (Å²) in [5.41, 5.74) is 4.38. The maximum atomic E-state index is 5.83. The van der Waals surface area contributed by atoms with Crippen molar-refractivity contribution in [2.24, 2.45) is 5.92 Å². The Morgan fingerprint density at radius 2 is 1.92 bits per heavy atom. The third-order valence-corrected chi connectivity index (χ3v) is 4.40. The Kier molecular flexibility index (Phi) is 5.71. The van der Waals surface area contributed by atoms with Crippen molar-refractivity contribution in [3.8, 4) is 16.9 Å². The molecule has 0 unspecified atom stereocenters. The van der Waals surface area contributed by atoms with Crippen molar-refractivity contribution in [3.63, 3.8) is 0 Å². The predicted octanol–water partition coefficient (Wildman–Crippen LogP) is 5.46. The molecule has 0 aliphatic rings. The second-order valence-electron chi connectivity index (χ2n) is 7.00. The molecule has 26 heavy (non-hydrogen) atoms. The molecule has 0 spiro atoms. The highest BCUT2D eigenvalue weighted by molar-refractivity contribution is 5.93. The molecule has 3 aromatic rings. The number of ether oxygens (including phenoxy) is 1. The van der Waals surface area contributed by atoms with Crippen LogP contribution in [0.1, 0.15) is 32.8 Å². The summed E-state index contributed by atoms with van der Waals surface area (Å²) < 4.78 is 5.83. The number of anilines is 1. The highest BCUT2D eigenvalue weighted by atomic mass is 16.5. The van der Waals surface area contributed by atoms with E-state index in [1.807, 2.05) is 13.0 Å². The Hall–Kier alpha value is -2.62. The fraction of sp³-hybridized carbons (Fsp3) is 0.364. The van der Waals surface area contributed by atoms with Gasteiger partial charge in [0.2, 0.25) is 0 Å². The number of benzene rings is 2. The molecule has 0 radical (unpaired) electrons. The molecule has 0 bridgehead atoms. The van der Waals surface area contributed by atoms with Crippen molar-refractivity contribution < 1.29 is 4.74 Å². The van der Waals surface area contributed by atoms with E-state index in [-0.39, 0.29) is 0 Å². The number of fused-ring (bicyclic) bond motifs is 1. The number of aromatic nitrogens is 2. The molecule has 0 fully saturated rings. The van der Waals surface area contributed by atoms with Gasteiger partial charge in [0.25, 0.3) is 0 Å². The van der Waals surface area contributed by atoms with Gasteiger partial charge in [-0.15, -0.1) is 0 Å². The van der Waals surface area contributed by atoms with Gasteiger partial charge in [0.1, 0.15) is 17.9 Å². The molecule has 0 saturated heterocycles. The van der Waals surface area contributed by atoms with Gasteiger partial charge in [0, 0.05) is 17.5 Å². The highest BCUT2D eigenvalue weighted by Crippen LogP contribution is 2.34. The third kappa shape index (κ3) is 4.13. The molecular formula is C22H27N3O. The van der Waals surface area contributed by atoms with Crippen molar-refractivity contribution in [3.05, 3.63) is 48.3 Å². The van der Waals surface area contributed by atoms with Crippen LogP contribution in [0, 0.1) is 12.8 Å². The van der Waals surface area contributed by atoms with Crippen LogP contribution in [0.4, 0.5) is 5.82 Å². The van der Waals surface area contributed by atoms with Gasteiger partial charge in [-0.25, -0.2) is 9.97 Å². The predicted molar refractivity (Wildman–Crippen MR) is 109 cm³/mol. The third-order valence-electron chi connectivity index (χ3n) is 4.40. The van der Waals surface area contributed by atoms with Crippen LogP contribution in [0.2, 0.25) is 0 Å². The Labute approximate surface area is 155 Å². The molecule has 4 heteroatoms. The van der Waals surface area contributed by atoms with E-state index < -0.39 is 0 Å². The van der Waals surface area contributed by atoms with Gasteiger partial charge < -0.3 is 10.1 Å². The monoisotopic (exact) mass is 349 g/mol. The molecule has 1 heterocycles. The number of nitrogens with one attached hydrogen (secondary N) is 1. The SMILES string of the molecule is CCOc1ccc(C)cc1-c1ccc2ncnc(NCCC(C)C)c2c1. The average molecular weight is 349 g/mol. The van der Waals surface area contributed by atoms with Crippen LogP contribution in [0.25, 0.3) is 22.0 Å². The van der Waals surface area contributed by atoms with E-state index in [1.54, 1.807) is 6.33 Å². The minimum absolute atomic E-state index is 0.648. The van der Waals surface area contributed by atoms with Gasteiger partial charge in [-0.1, -0.05) is 31.5 Å². The Morgan fingerprint density at radius 1 is 1.08 bits per heavy atom. The number of hydrogen-bond donors (Lipinski definition) is 1. The van der Waals surface area contributed by atoms with Crippen LogP contribution in [0.15, 0.2) is 42.7 Å². The van der Waals surface area contributed by atoms with E-state index in [4.69, 9.17) is 4.74 Å². The lowest BCUT2D eigenvalue weighted by atomic mass is 10.0. The standard InChI is InChI=1S/C22H27N3O/c1-5-26-21-9-6-16(4)12-18(21)17-7-8-20-19(13-17)22(25-14-24-20)23-11-10-15(2)3/h6-9,12-15H,5,10-11H2,1-4H3,(H,23,24,25). The smallest absolute Gasteiger partial charge is 0.137 e. The van der Waals surface area contributed by atoms with Crippen LogP contribution in [0.5, 0.6) is 5.75 Å². The highest BCUT2D eigenvalue weighted by Gasteiger charge is 2.10. The summed E-state index contributed by atoms with van der Waals surface area (Å²) in [5, 5.41) is 4.51. The molecule has 3 rings (SSSR count). The van der Waals surface area contributed by atoms with E-state index >= 15 is 0 Å². The largest absolute Gasteiger partial charge is 0.493 e. The van der Waals surface area contributed by atoms with E-state index in [2.05, 4.69) is 66.4 Å². The summed E-state index contributed by atoms with van der Waals surface area (Å²) in [6.07, 6.45) is 2.73. The average Bonchev–Trinajstić information content (AvgIpc) is 2.63. The zero-order valence-corrected chi connectivity index (χ0v) is 16.0. The first-order valence-electron chi connectivity index (χ1n) is 9.31. The number of hydrogen-bond acceptors (Lipinski definition) is 4. The molecule has 0 atom stereocenters. The van der Waals surface area contributed by atoms with Gasteiger partial charge in [-0.3, -0.25) is 0 Å². The van der Waals surface area contributed by atoms with E-state index in [0.717, 1.165) is 46.6 Å². The maximum absolute atomic E-state index is 5.83. The molecule has 2 aromatic carbocycles. The van der Waals surface area contributed by atoms with Gasteiger partial charge in [0.05, 0.1) is 12.1 Å². The molecule has 1 aromatic heterocycles. The fourth-order valence-corrected chi connectivity index (χ4v) is 3.00. The first-order valence-corrected chi connectivity index (χ1v) is 9.31. The van der Waals surface area contributed by atoms with Crippen LogP contribution < -0.4 is 10.1 Å².